The van der Waals surface area contributed by atoms with Gasteiger partial charge in [0, 0.05) is 6.92 Å². The summed E-state index contributed by atoms with van der Waals surface area (Å²) in [4.78, 5) is 0. The minimum absolute atomic E-state index is 1.25. The predicted octanol–water partition coefficient (Wildman–Crippen LogP) is 4.29. The lowest BCUT2D eigenvalue weighted by molar-refractivity contribution is 0.504. The molecular weight excluding hydrogens is 146 g/mol. The first-order chi connectivity index (χ1) is 5.83. The third-order valence-corrected chi connectivity index (χ3v) is 1.50. The molecule has 1 nitrogen and oxygen atoms in total. The Morgan fingerprint density at radius 3 is 1.08 bits per heavy atom. The zero-order chi connectivity index (χ0) is 9.66. The summed E-state index contributed by atoms with van der Waals surface area (Å²) in [5, 5.41) is 7.32. The summed E-state index contributed by atoms with van der Waals surface area (Å²) in [7, 11) is 0. The van der Waals surface area contributed by atoms with Crippen LogP contribution in [0.3, 0.4) is 0 Å². The highest BCUT2D eigenvalue weighted by Gasteiger charge is 1.95. The van der Waals surface area contributed by atoms with Crippen LogP contribution in [0.5, 0.6) is 0 Å². The average molecular weight is 169 g/mol. The summed E-state index contributed by atoms with van der Waals surface area (Å²) in [6.45, 7) is 5.68. The van der Waals surface area contributed by atoms with Crippen molar-refractivity contribution in [2.24, 2.45) is 0 Å². The third-order valence-electron chi connectivity index (χ3n) is 1.50. The van der Waals surface area contributed by atoms with Gasteiger partial charge in [-0.2, -0.15) is 5.26 Å². The Bertz CT molecular complexity index is 76.2. The molecule has 0 N–H and O–H groups in total. The first-order valence-electron chi connectivity index (χ1n) is 5.14. The minimum Gasteiger partial charge on any atom is -0.199 e. The van der Waals surface area contributed by atoms with Gasteiger partial charge in [0.15, 0.2) is 0 Å². The van der Waals surface area contributed by atoms with Gasteiger partial charge in [0.25, 0.3) is 0 Å². The van der Waals surface area contributed by atoms with Crippen molar-refractivity contribution in [3.05, 3.63) is 0 Å². The molecule has 1 rings (SSSR count). The lowest BCUT2D eigenvalue weighted by atomic mass is 10.0. The van der Waals surface area contributed by atoms with E-state index in [1.54, 1.807) is 6.07 Å². The molecule has 1 heteroatoms. The van der Waals surface area contributed by atoms with E-state index >= 15 is 0 Å². The zero-order valence-corrected chi connectivity index (χ0v) is 8.90. The molecule has 1 fully saturated rings. The van der Waals surface area contributed by atoms with Crippen LogP contribution < -0.4 is 0 Å². The second-order valence-electron chi connectivity index (χ2n) is 3.05. The third kappa shape index (κ3) is 22.7. The van der Waals surface area contributed by atoms with E-state index in [0.29, 0.717) is 0 Å². The molecule has 0 unspecified atom stereocenters. The molecule has 0 radical (unpaired) electrons. The van der Waals surface area contributed by atoms with Gasteiger partial charge in [0.1, 0.15) is 0 Å². The average Bonchev–Trinajstić information content (AvgIpc) is 2.10. The van der Waals surface area contributed by atoms with Gasteiger partial charge in [-0.15, -0.1) is 0 Å². The molecule has 0 amide bonds. The van der Waals surface area contributed by atoms with Crippen LogP contribution in [-0.4, -0.2) is 0 Å². The monoisotopic (exact) mass is 169 g/mol. The van der Waals surface area contributed by atoms with Gasteiger partial charge in [0.05, 0.1) is 6.07 Å². The molecule has 0 aromatic heterocycles. The Morgan fingerprint density at radius 1 is 0.917 bits per heavy atom. The highest BCUT2D eigenvalue weighted by molar-refractivity contribution is 4.51. The lowest BCUT2D eigenvalue weighted by Crippen LogP contribution is -1.85. The van der Waals surface area contributed by atoms with Crippen LogP contribution in [0.25, 0.3) is 0 Å². The van der Waals surface area contributed by atoms with Gasteiger partial charge in [-0.05, 0) is 0 Å². The van der Waals surface area contributed by atoms with Crippen molar-refractivity contribution in [3.8, 4) is 6.07 Å². The molecule has 72 valence electrons. The van der Waals surface area contributed by atoms with Crippen molar-refractivity contribution in [1.82, 2.24) is 0 Å². The molecule has 0 spiro atoms. The van der Waals surface area contributed by atoms with Gasteiger partial charge in [-0.3, -0.25) is 0 Å². The van der Waals surface area contributed by atoms with Gasteiger partial charge in [-0.1, -0.05) is 58.8 Å². The smallest absolute Gasteiger partial charge is 0.0587 e. The summed E-state index contributed by atoms with van der Waals surface area (Å²) in [6.07, 6.45) is 10.2. The topological polar surface area (TPSA) is 23.8 Å². The maximum Gasteiger partial charge on any atom is 0.0587 e. The van der Waals surface area contributed by atoms with Gasteiger partial charge in [-0.25, -0.2) is 0 Å². The first kappa shape index (κ1) is 14.0. The van der Waals surface area contributed by atoms with Crippen molar-refractivity contribution >= 4 is 0 Å². The largest absolute Gasteiger partial charge is 0.199 e. The van der Waals surface area contributed by atoms with Crippen LogP contribution in [0, 0.1) is 11.3 Å². The number of nitriles is 1. The van der Waals surface area contributed by atoms with Crippen molar-refractivity contribution in [1.29, 1.82) is 5.26 Å². The number of hydrogen-bond acceptors (Lipinski definition) is 1. The van der Waals surface area contributed by atoms with Crippen molar-refractivity contribution in [2.75, 3.05) is 0 Å². The summed E-state index contributed by atoms with van der Waals surface area (Å²) < 4.78 is 0. The molecule has 1 aliphatic rings. The second kappa shape index (κ2) is 16.8. The highest BCUT2D eigenvalue weighted by atomic mass is 14.2. The normalized spacial score (nSPS) is 14.2. The van der Waals surface area contributed by atoms with Gasteiger partial charge in [0.2, 0.25) is 0 Å². The van der Waals surface area contributed by atoms with Gasteiger partial charge < -0.3 is 0 Å². The standard InChI is InChI=1S/C6H12.C3H8.C2H3N/c1-2-4-6-5-3-1;1-3-2;1-2-3/h1-6H2;3H2,1-2H3;1H3. The number of hydrogen-bond donors (Lipinski definition) is 0. The van der Waals surface area contributed by atoms with E-state index in [0.717, 1.165) is 0 Å². The maximum atomic E-state index is 7.32. The SMILES string of the molecule is C1CCCCC1.CC#N.CCC. The van der Waals surface area contributed by atoms with E-state index in [9.17, 15) is 0 Å². The lowest BCUT2D eigenvalue weighted by Gasteiger charge is -2.05. The molecule has 1 saturated carbocycles. The molecule has 0 aromatic rings. The molecule has 0 heterocycles. The Hall–Kier alpha value is -0.510. The van der Waals surface area contributed by atoms with Crippen LogP contribution >= 0.6 is 0 Å². The quantitative estimate of drug-likeness (QED) is 0.530. The molecule has 0 atom stereocenters. The summed E-state index contributed by atoms with van der Waals surface area (Å²) in [5.41, 5.74) is 0. The molecule has 12 heavy (non-hydrogen) atoms. The highest BCUT2D eigenvalue weighted by Crippen LogP contribution is 2.15. The van der Waals surface area contributed by atoms with E-state index in [1.807, 2.05) is 0 Å². The van der Waals surface area contributed by atoms with Crippen LogP contribution in [0.1, 0.15) is 65.7 Å². The van der Waals surface area contributed by atoms with Gasteiger partial charge >= 0.3 is 0 Å². The number of rotatable bonds is 0. The summed E-state index contributed by atoms with van der Waals surface area (Å²) in [6, 6.07) is 1.75. The molecule has 0 saturated heterocycles. The van der Waals surface area contributed by atoms with Crippen molar-refractivity contribution < 1.29 is 0 Å². The fraction of sp³-hybridized carbons (Fsp3) is 0.909. The predicted molar refractivity (Wildman–Crippen MR) is 55.0 cm³/mol. The minimum atomic E-state index is 1.25. The Labute approximate surface area is 77.8 Å². The summed E-state index contributed by atoms with van der Waals surface area (Å²) >= 11 is 0. The molecule has 1 aliphatic carbocycles. The molecule has 0 aromatic carbocycles. The van der Waals surface area contributed by atoms with Crippen molar-refractivity contribution in [3.63, 3.8) is 0 Å². The number of nitrogens with zero attached hydrogens (tertiary/aromatic N) is 1. The Balaban J connectivity index is 0. The maximum absolute atomic E-state index is 7.32. The zero-order valence-electron chi connectivity index (χ0n) is 8.90. The van der Waals surface area contributed by atoms with Crippen LogP contribution in [-0.2, 0) is 0 Å². The van der Waals surface area contributed by atoms with E-state index < -0.39 is 0 Å². The van der Waals surface area contributed by atoms with Crippen LogP contribution in [0.2, 0.25) is 0 Å². The van der Waals surface area contributed by atoms with E-state index in [1.165, 1.54) is 51.9 Å². The van der Waals surface area contributed by atoms with E-state index in [4.69, 9.17) is 5.26 Å². The second-order valence-corrected chi connectivity index (χ2v) is 3.05. The Kier molecular flexibility index (Phi) is 19.7. The molecule has 0 aliphatic heterocycles. The Morgan fingerprint density at radius 2 is 1.00 bits per heavy atom. The first-order valence-corrected chi connectivity index (χ1v) is 5.14. The van der Waals surface area contributed by atoms with Crippen LogP contribution in [0.15, 0.2) is 0 Å². The van der Waals surface area contributed by atoms with Crippen LogP contribution in [0.4, 0.5) is 0 Å². The molecule has 0 bridgehead atoms. The van der Waals surface area contributed by atoms with E-state index in [2.05, 4.69) is 13.8 Å². The fourth-order valence-corrected chi connectivity index (χ4v) is 1.06. The summed E-state index contributed by atoms with van der Waals surface area (Å²) in [5.74, 6) is 0. The van der Waals surface area contributed by atoms with Crippen molar-refractivity contribution in [2.45, 2.75) is 65.7 Å². The fourth-order valence-electron chi connectivity index (χ4n) is 1.06. The molecular formula is C11H23N. The van der Waals surface area contributed by atoms with E-state index in [-0.39, 0.29) is 0 Å².